The molecule has 0 aliphatic rings. The summed E-state index contributed by atoms with van der Waals surface area (Å²) in [5.74, 6) is 0. The summed E-state index contributed by atoms with van der Waals surface area (Å²) in [5.41, 5.74) is 2.62. The lowest BCUT2D eigenvalue weighted by molar-refractivity contribution is 0.591. The molecular formula is C16H16N4O. The second-order valence-corrected chi connectivity index (χ2v) is 4.73. The molecule has 2 heterocycles. The summed E-state index contributed by atoms with van der Waals surface area (Å²) in [7, 11) is 0. The summed E-state index contributed by atoms with van der Waals surface area (Å²) in [6.45, 7) is 2.00. The minimum atomic E-state index is -0.0756. The molecule has 5 nitrogen and oxygen atoms in total. The van der Waals surface area contributed by atoms with Crippen LogP contribution in [0.5, 0.6) is 0 Å². The summed E-state index contributed by atoms with van der Waals surface area (Å²) < 4.78 is 1.74. The van der Waals surface area contributed by atoms with Gasteiger partial charge in [0.1, 0.15) is 0 Å². The van der Waals surface area contributed by atoms with E-state index in [9.17, 15) is 4.79 Å². The fourth-order valence-corrected chi connectivity index (χ4v) is 2.26. The molecule has 0 bridgehead atoms. The third-order valence-corrected chi connectivity index (χ3v) is 3.30. The van der Waals surface area contributed by atoms with Crippen molar-refractivity contribution in [2.75, 3.05) is 6.54 Å². The Balaban J connectivity index is 1.68. The van der Waals surface area contributed by atoms with E-state index in [4.69, 9.17) is 0 Å². The first-order valence-electron chi connectivity index (χ1n) is 6.90. The summed E-state index contributed by atoms with van der Waals surface area (Å²) in [5, 5.41) is 3.30. The Bertz CT molecular complexity index is 783. The molecule has 21 heavy (non-hydrogen) atoms. The fraction of sp³-hybridized carbons (Fsp3) is 0.188. The third kappa shape index (κ3) is 3.14. The highest BCUT2D eigenvalue weighted by atomic mass is 16.1. The van der Waals surface area contributed by atoms with Crippen LogP contribution in [0, 0.1) is 0 Å². The van der Waals surface area contributed by atoms with Gasteiger partial charge in [0.25, 0.3) is 5.56 Å². The molecule has 0 radical (unpaired) electrons. The standard InChI is InChI=1S/C16H16N4O/c21-16-12-19-14-6-1-2-7-15(14)20(16)10-9-17-11-13-5-3-4-8-18-13/h1-8,12,17H,9-11H2. The van der Waals surface area contributed by atoms with Gasteiger partial charge in [-0.25, -0.2) is 4.98 Å². The highest BCUT2D eigenvalue weighted by Crippen LogP contribution is 2.07. The van der Waals surface area contributed by atoms with Crippen LogP contribution >= 0.6 is 0 Å². The van der Waals surface area contributed by atoms with E-state index in [1.54, 1.807) is 10.8 Å². The van der Waals surface area contributed by atoms with Gasteiger partial charge in [0, 0.05) is 25.8 Å². The molecule has 2 aromatic heterocycles. The number of hydrogen-bond acceptors (Lipinski definition) is 4. The van der Waals surface area contributed by atoms with Crippen LogP contribution < -0.4 is 10.9 Å². The number of rotatable bonds is 5. The highest BCUT2D eigenvalue weighted by Gasteiger charge is 2.03. The first-order chi connectivity index (χ1) is 10.3. The number of nitrogens with one attached hydrogen (secondary N) is 1. The number of fused-ring (bicyclic) bond motifs is 1. The Labute approximate surface area is 122 Å². The van der Waals surface area contributed by atoms with Crippen LogP contribution in [-0.2, 0) is 13.1 Å². The average molecular weight is 280 g/mol. The first kappa shape index (κ1) is 13.5. The van der Waals surface area contributed by atoms with E-state index in [2.05, 4.69) is 15.3 Å². The van der Waals surface area contributed by atoms with Crippen molar-refractivity contribution >= 4 is 11.0 Å². The maximum Gasteiger partial charge on any atom is 0.269 e. The van der Waals surface area contributed by atoms with Gasteiger partial charge in [-0.05, 0) is 24.3 Å². The molecule has 0 amide bonds. The second kappa shape index (κ2) is 6.28. The molecule has 0 aliphatic carbocycles. The lowest BCUT2D eigenvalue weighted by atomic mass is 10.3. The van der Waals surface area contributed by atoms with E-state index < -0.39 is 0 Å². The van der Waals surface area contributed by atoms with Crippen LogP contribution in [0.1, 0.15) is 5.69 Å². The zero-order valence-electron chi connectivity index (χ0n) is 11.6. The van der Waals surface area contributed by atoms with Crippen LogP contribution in [0.3, 0.4) is 0 Å². The van der Waals surface area contributed by atoms with Gasteiger partial charge < -0.3 is 9.88 Å². The molecular weight excluding hydrogens is 264 g/mol. The number of benzene rings is 1. The van der Waals surface area contributed by atoms with E-state index in [0.717, 1.165) is 16.7 Å². The van der Waals surface area contributed by atoms with Gasteiger partial charge in [0.15, 0.2) is 0 Å². The predicted octanol–water partition coefficient (Wildman–Crippen LogP) is 1.58. The molecule has 0 fully saturated rings. The normalized spacial score (nSPS) is 10.9. The van der Waals surface area contributed by atoms with E-state index >= 15 is 0 Å². The molecule has 1 N–H and O–H groups in total. The Morgan fingerprint density at radius 1 is 1.05 bits per heavy atom. The minimum Gasteiger partial charge on any atom is -0.309 e. The molecule has 0 spiro atoms. The van der Waals surface area contributed by atoms with Gasteiger partial charge in [-0.3, -0.25) is 9.78 Å². The zero-order chi connectivity index (χ0) is 14.5. The van der Waals surface area contributed by atoms with Gasteiger partial charge >= 0.3 is 0 Å². The topological polar surface area (TPSA) is 59.8 Å². The smallest absolute Gasteiger partial charge is 0.269 e. The summed E-state index contributed by atoms with van der Waals surface area (Å²) in [6.07, 6.45) is 3.15. The zero-order valence-corrected chi connectivity index (χ0v) is 11.6. The number of hydrogen-bond donors (Lipinski definition) is 1. The van der Waals surface area contributed by atoms with Crippen molar-refractivity contribution in [3.63, 3.8) is 0 Å². The highest BCUT2D eigenvalue weighted by molar-refractivity contribution is 5.74. The predicted molar refractivity (Wildman–Crippen MR) is 81.9 cm³/mol. The lowest BCUT2D eigenvalue weighted by Crippen LogP contribution is -2.27. The Morgan fingerprint density at radius 3 is 2.76 bits per heavy atom. The van der Waals surface area contributed by atoms with E-state index in [0.29, 0.717) is 19.6 Å². The molecule has 0 saturated carbocycles. The molecule has 3 rings (SSSR count). The molecule has 5 heteroatoms. The molecule has 1 aromatic carbocycles. The van der Waals surface area contributed by atoms with Gasteiger partial charge in [0.2, 0.25) is 0 Å². The summed E-state index contributed by atoms with van der Waals surface area (Å²) in [6, 6.07) is 13.5. The van der Waals surface area contributed by atoms with Gasteiger partial charge in [0.05, 0.1) is 22.9 Å². The van der Waals surface area contributed by atoms with Crippen LogP contribution in [0.25, 0.3) is 11.0 Å². The maximum absolute atomic E-state index is 12.0. The van der Waals surface area contributed by atoms with Gasteiger partial charge in [-0.1, -0.05) is 18.2 Å². The first-order valence-corrected chi connectivity index (χ1v) is 6.90. The fourth-order valence-electron chi connectivity index (χ4n) is 2.26. The van der Waals surface area contributed by atoms with Crippen molar-refractivity contribution in [1.82, 2.24) is 19.9 Å². The Morgan fingerprint density at radius 2 is 1.90 bits per heavy atom. The van der Waals surface area contributed by atoms with Crippen LogP contribution in [-0.4, -0.2) is 21.1 Å². The van der Waals surface area contributed by atoms with E-state index in [-0.39, 0.29) is 5.56 Å². The van der Waals surface area contributed by atoms with E-state index in [1.807, 2.05) is 42.5 Å². The molecule has 0 unspecified atom stereocenters. The molecule has 106 valence electrons. The quantitative estimate of drug-likeness (QED) is 0.721. The SMILES string of the molecule is O=c1cnc2ccccc2n1CCNCc1ccccn1. The Kier molecular flexibility index (Phi) is 4.02. The van der Waals surface area contributed by atoms with Crippen molar-refractivity contribution < 1.29 is 0 Å². The van der Waals surface area contributed by atoms with Gasteiger partial charge in [-0.15, -0.1) is 0 Å². The largest absolute Gasteiger partial charge is 0.309 e. The van der Waals surface area contributed by atoms with Crippen LogP contribution in [0.4, 0.5) is 0 Å². The van der Waals surface area contributed by atoms with Crippen molar-refractivity contribution in [3.8, 4) is 0 Å². The van der Waals surface area contributed by atoms with Crippen LogP contribution in [0.15, 0.2) is 59.7 Å². The second-order valence-electron chi connectivity index (χ2n) is 4.73. The van der Waals surface area contributed by atoms with Crippen molar-refractivity contribution in [2.45, 2.75) is 13.1 Å². The maximum atomic E-state index is 12.0. The van der Waals surface area contributed by atoms with E-state index in [1.165, 1.54) is 6.20 Å². The summed E-state index contributed by atoms with van der Waals surface area (Å²) >= 11 is 0. The minimum absolute atomic E-state index is 0.0756. The van der Waals surface area contributed by atoms with Crippen molar-refractivity contribution in [3.05, 3.63) is 70.9 Å². The Hall–Kier alpha value is -2.53. The number of para-hydroxylation sites is 2. The number of aromatic nitrogens is 3. The lowest BCUT2D eigenvalue weighted by Gasteiger charge is -2.10. The molecule has 0 aliphatic heterocycles. The van der Waals surface area contributed by atoms with Crippen LogP contribution in [0.2, 0.25) is 0 Å². The average Bonchev–Trinajstić information content (AvgIpc) is 2.54. The summed E-state index contributed by atoms with van der Waals surface area (Å²) in [4.78, 5) is 20.4. The monoisotopic (exact) mass is 280 g/mol. The molecule has 3 aromatic rings. The van der Waals surface area contributed by atoms with Gasteiger partial charge in [-0.2, -0.15) is 0 Å². The molecule has 0 saturated heterocycles. The molecule has 0 atom stereocenters. The van der Waals surface area contributed by atoms with Crippen molar-refractivity contribution in [1.29, 1.82) is 0 Å². The number of pyridine rings is 1. The third-order valence-electron chi connectivity index (χ3n) is 3.30. The van der Waals surface area contributed by atoms with Crippen molar-refractivity contribution in [2.24, 2.45) is 0 Å². The number of nitrogens with zero attached hydrogens (tertiary/aromatic N) is 3.